The lowest BCUT2D eigenvalue weighted by atomic mass is 10.1. The molecule has 1 fully saturated rings. The van der Waals surface area contributed by atoms with Gasteiger partial charge in [0, 0.05) is 25.6 Å². The minimum Gasteiger partial charge on any atom is -0.373 e. The van der Waals surface area contributed by atoms with Crippen molar-refractivity contribution in [3.63, 3.8) is 0 Å². The second kappa shape index (κ2) is 8.22. The molecule has 0 aliphatic heterocycles. The molecule has 1 saturated carbocycles. The van der Waals surface area contributed by atoms with Gasteiger partial charge in [-0.1, -0.05) is 0 Å². The van der Waals surface area contributed by atoms with E-state index in [-0.39, 0.29) is 29.0 Å². The molecule has 9 heteroatoms. The lowest BCUT2D eigenvalue weighted by molar-refractivity contribution is -0.129. The van der Waals surface area contributed by atoms with Crippen LogP contribution in [0.1, 0.15) is 25.3 Å². The van der Waals surface area contributed by atoms with E-state index in [2.05, 4.69) is 20.6 Å². The van der Waals surface area contributed by atoms with Crippen LogP contribution in [0.4, 0.5) is 15.9 Å². The summed E-state index contributed by atoms with van der Waals surface area (Å²) in [6, 6.07) is 3.90. The van der Waals surface area contributed by atoms with Crippen LogP contribution in [-0.4, -0.2) is 46.8 Å². The smallest absolute Gasteiger partial charge is 0.244 e. The maximum Gasteiger partial charge on any atom is 0.244 e. The summed E-state index contributed by atoms with van der Waals surface area (Å²) in [4.78, 5) is 33.7. The van der Waals surface area contributed by atoms with Crippen molar-refractivity contribution in [3.8, 4) is 17.3 Å². The van der Waals surface area contributed by atoms with Crippen molar-refractivity contribution in [3.05, 3.63) is 35.9 Å². The van der Waals surface area contributed by atoms with E-state index < -0.39 is 11.9 Å². The molecule has 2 N–H and O–H groups in total. The molecule has 0 saturated heterocycles. The number of halogens is 1. The third-order valence-electron chi connectivity index (χ3n) is 4.53. The van der Waals surface area contributed by atoms with Gasteiger partial charge in [0.05, 0.1) is 23.8 Å². The van der Waals surface area contributed by atoms with Gasteiger partial charge in [-0.25, -0.2) is 9.37 Å². The van der Waals surface area contributed by atoms with E-state index in [0.717, 1.165) is 12.8 Å². The normalized spacial score (nSPS) is 13.9. The number of anilines is 2. The molecule has 0 radical (unpaired) electrons. The second-order valence-corrected chi connectivity index (χ2v) is 7.14. The number of likely N-dealkylation sites (N-methyl/N-ethyl adjacent to an activating group) is 1. The number of nitrogens with zero attached hydrogens (tertiary/aromatic N) is 4. The maximum atomic E-state index is 14.5. The minimum atomic E-state index is -0.732. The second-order valence-electron chi connectivity index (χ2n) is 7.14. The molecule has 1 heterocycles. The summed E-state index contributed by atoms with van der Waals surface area (Å²) in [5, 5.41) is 14.9. The van der Waals surface area contributed by atoms with E-state index in [1.165, 1.54) is 23.4 Å². The van der Waals surface area contributed by atoms with E-state index in [4.69, 9.17) is 0 Å². The fourth-order valence-corrected chi connectivity index (χ4v) is 2.78. The van der Waals surface area contributed by atoms with Gasteiger partial charge < -0.3 is 15.5 Å². The average Bonchev–Trinajstić information content (AvgIpc) is 3.53. The summed E-state index contributed by atoms with van der Waals surface area (Å²) >= 11 is 0. The highest BCUT2D eigenvalue weighted by Gasteiger charge is 2.29. The number of hydrogen-bond acceptors (Lipinski definition) is 6. The number of amides is 2. The number of benzene rings is 1. The Labute approximate surface area is 167 Å². The van der Waals surface area contributed by atoms with Crippen LogP contribution in [0, 0.1) is 23.1 Å². The average molecular weight is 396 g/mol. The Kier molecular flexibility index (Phi) is 5.73. The number of aromatic nitrogens is 2. The molecule has 2 aromatic rings. The van der Waals surface area contributed by atoms with Crippen molar-refractivity contribution >= 4 is 23.3 Å². The van der Waals surface area contributed by atoms with E-state index in [0.29, 0.717) is 17.1 Å². The summed E-state index contributed by atoms with van der Waals surface area (Å²) < 4.78 is 14.5. The van der Waals surface area contributed by atoms with Gasteiger partial charge in [-0.05, 0) is 31.9 Å². The third kappa shape index (κ3) is 4.66. The molecule has 1 aliphatic rings. The molecular formula is C20H21FN6O2. The first-order valence-corrected chi connectivity index (χ1v) is 9.14. The summed E-state index contributed by atoms with van der Waals surface area (Å²) in [5.41, 5.74) is 0.764. The highest BCUT2D eigenvalue weighted by atomic mass is 19.1. The van der Waals surface area contributed by atoms with Crippen molar-refractivity contribution in [2.24, 2.45) is 5.92 Å². The van der Waals surface area contributed by atoms with Crippen LogP contribution in [0.2, 0.25) is 0 Å². The van der Waals surface area contributed by atoms with Gasteiger partial charge in [0.1, 0.15) is 23.5 Å². The standard InChI is InChI=1S/C20H21FN6O2/c1-11(20(29)27(2)3)25-16-7-13(6-15(21)14(16)8-22)17-9-24-18(10-23-17)26-19(28)12-4-5-12/h6-7,9-12,25H,4-5H2,1-3H3,(H,24,26,28)/t11-/m0/s1. The topological polar surface area (TPSA) is 111 Å². The van der Waals surface area contributed by atoms with Crippen LogP contribution < -0.4 is 10.6 Å². The van der Waals surface area contributed by atoms with Crippen molar-refractivity contribution in [2.45, 2.75) is 25.8 Å². The van der Waals surface area contributed by atoms with Crippen molar-refractivity contribution in [1.82, 2.24) is 14.9 Å². The SMILES string of the molecule is C[C@H](Nc1cc(-c2cnc(NC(=O)C3CC3)cn2)cc(F)c1C#N)C(=O)N(C)C. The summed E-state index contributed by atoms with van der Waals surface area (Å²) in [5.74, 6) is -0.657. The van der Waals surface area contributed by atoms with E-state index >= 15 is 0 Å². The molecule has 1 aliphatic carbocycles. The molecule has 1 aromatic carbocycles. The predicted octanol–water partition coefficient (Wildman–Crippen LogP) is 2.39. The molecule has 29 heavy (non-hydrogen) atoms. The van der Waals surface area contributed by atoms with E-state index in [9.17, 15) is 19.2 Å². The van der Waals surface area contributed by atoms with Crippen LogP contribution in [0.3, 0.4) is 0 Å². The van der Waals surface area contributed by atoms with Gasteiger partial charge in [-0.2, -0.15) is 5.26 Å². The number of hydrogen-bond donors (Lipinski definition) is 2. The molecule has 3 rings (SSSR count). The molecule has 1 aromatic heterocycles. The Bertz CT molecular complexity index is 980. The van der Waals surface area contributed by atoms with Gasteiger partial charge in [0.25, 0.3) is 0 Å². The van der Waals surface area contributed by atoms with E-state index in [1.54, 1.807) is 27.1 Å². The number of nitrogens with one attached hydrogen (secondary N) is 2. The zero-order chi connectivity index (χ0) is 21.1. The van der Waals surface area contributed by atoms with Crippen LogP contribution in [-0.2, 0) is 9.59 Å². The van der Waals surface area contributed by atoms with Crippen molar-refractivity contribution < 1.29 is 14.0 Å². The summed E-state index contributed by atoms with van der Waals surface area (Å²) in [6.45, 7) is 1.63. The van der Waals surface area contributed by atoms with Gasteiger partial charge in [-0.15, -0.1) is 0 Å². The van der Waals surface area contributed by atoms with Crippen LogP contribution >= 0.6 is 0 Å². The Morgan fingerprint density at radius 3 is 2.55 bits per heavy atom. The number of carbonyl (C=O) groups excluding carboxylic acids is 2. The minimum absolute atomic E-state index is 0.0459. The molecule has 0 unspecified atom stereocenters. The molecular weight excluding hydrogens is 375 g/mol. The Morgan fingerprint density at radius 2 is 2.00 bits per heavy atom. The highest BCUT2D eigenvalue weighted by Crippen LogP contribution is 2.30. The van der Waals surface area contributed by atoms with E-state index in [1.807, 2.05) is 6.07 Å². The molecule has 0 bridgehead atoms. The number of carbonyl (C=O) groups is 2. The third-order valence-corrected chi connectivity index (χ3v) is 4.53. The number of nitriles is 1. The van der Waals surface area contributed by atoms with Gasteiger partial charge >= 0.3 is 0 Å². The largest absolute Gasteiger partial charge is 0.373 e. The molecule has 1 atom stereocenters. The zero-order valence-electron chi connectivity index (χ0n) is 16.4. The van der Waals surface area contributed by atoms with Crippen LogP contribution in [0.15, 0.2) is 24.5 Å². The van der Waals surface area contributed by atoms with Gasteiger partial charge in [0.15, 0.2) is 5.82 Å². The van der Waals surface area contributed by atoms with Gasteiger partial charge in [-0.3, -0.25) is 14.6 Å². The quantitative estimate of drug-likeness (QED) is 0.776. The summed E-state index contributed by atoms with van der Waals surface area (Å²) in [7, 11) is 3.23. The zero-order valence-corrected chi connectivity index (χ0v) is 16.4. The number of rotatable bonds is 6. The monoisotopic (exact) mass is 396 g/mol. The van der Waals surface area contributed by atoms with Crippen molar-refractivity contribution in [2.75, 3.05) is 24.7 Å². The summed E-state index contributed by atoms with van der Waals surface area (Å²) in [6.07, 6.45) is 4.58. The fraction of sp³-hybridized carbons (Fsp3) is 0.350. The Hall–Kier alpha value is -3.54. The van der Waals surface area contributed by atoms with Crippen LogP contribution in [0.25, 0.3) is 11.3 Å². The highest BCUT2D eigenvalue weighted by molar-refractivity contribution is 5.93. The fourth-order valence-electron chi connectivity index (χ4n) is 2.78. The van der Waals surface area contributed by atoms with Crippen LogP contribution in [0.5, 0.6) is 0 Å². The lowest BCUT2D eigenvalue weighted by Crippen LogP contribution is -2.36. The first-order valence-electron chi connectivity index (χ1n) is 9.14. The molecule has 150 valence electrons. The van der Waals surface area contributed by atoms with Crippen molar-refractivity contribution in [1.29, 1.82) is 5.26 Å². The predicted molar refractivity (Wildman–Crippen MR) is 105 cm³/mol. The first kappa shape index (κ1) is 20.2. The molecule has 0 spiro atoms. The first-order chi connectivity index (χ1) is 13.8. The Balaban J connectivity index is 1.85. The maximum absolute atomic E-state index is 14.5. The lowest BCUT2D eigenvalue weighted by Gasteiger charge is -2.20. The molecule has 8 nitrogen and oxygen atoms in total. The Morgan fingerprint density at radius 1 is 1.28 bits per heavy atom. The molecule has 2 amide bonds. The van der Waals surface area contributed by atoms with Gasteiger partial charge in [0.2, 0.25) is 11.8 Å².